The van der Waals surface area contributed by atoms with Crippen molar-refractivity contribution < 1.29 is 22.0 Å². The van der Waals surface area contributed by atoms with Crippen LogP contribution in [-0.2, 0) is 10.0 Å². The number of pyridine rings is 1. The Morgan fingerprint density at radius 1 is 1.09 bits per heavy atom. The second-order valence-corrected chi connectivity index (χ2v) is 9.43. The van der Waals surface area contributed by atoms with E-state index in [1.807, 2.05) is 31.2 Å². The fraction of sp³-hybridized carbons (Fsp3) is 0.174. The number of halogens is 2. The zero-order valence-electron chi connectivity index (χ0n) is 17.8. The lowest BCUT2D eigenvalue weighted by Crippen LogP contribution is -2.18. The number of anilines is 1. The highest BCUT2D eigenvalue weighted by Crippen LogP contribution is 2.28. The lowest BCUT2D eigenvalue weighted by atomic mass is 10.0. The largest absolute Gasteiger partial charge is 0.287 e. The first kappa shape index (κ1) is 22.5. The summed E-state index contributed by atoms with van der Waals surface area (Å²) in [5.74, 6) is -3.71. The predicted molar refractivity (Wildman–Crippen MR) is 122 cm³/mol. The molecule has 4 aromatic rings. The highest BCUT2D eigenvalue weighted by atomic mass is 32.2. The summed E-state index contributed by atoms with van der Waals surface area (Å²) >= 11 is 0. The van der Waals surface area contributed by atoms with Crippen LogP contribution < -0.4 is 4.72 Å². The molecule has 2 heterocycles. The summed E-state index contributed by atoms with van der Waals surface area (Å²) in [4.78, 5) is 17.4. The maximum absolute atomic E-state index is 15.1. The SMILES string of the molecule is CCCS(=O)(=O)Nc1ccc(F)c(C(=O)c2n[nH]c3ncc(-c4ccc(C)cc4)cc23)c1F. The fourth-order valence-corrected chi connectivity index (χ4v) is 4.56. The van der Waals surface area contributed by atoms with Gasteiger partial charge in [0.2, 0.25) is 15.8 Å². The average Bonchev–Trinajstić information content (AvgIpc) is 3.19. The zero-order valence-corrected chi connectivity index (χ0v) is 18.6. The van der Waals surface area contributed by atoms with E-state index in [0.29, 0.717) is 12.0 Å². The Labute approximate surface area is 188 Å². The number of H-pyrrole nitrogens is 1. The highest BCUT2D eigenvalue weighted by Gasteiger charge is 2.27. The molecule has 2 N–H and O–H groups in total. The fourth-order valence-electron chi connectivity index (χ4n) is 3.43. The van der Waals surface area contributed by atoms with Crippen LogP contribution in [0, 0.1) is 18.6 Å². The van der Waals surface area contributed by atoms with Crippen LogP contribution in [0.5, 0.6) is 0 Å². The molecule has 7 nitrogen and oxygen atoms in total. The molecule has 2 aromatic carbocycles. The van der Waals surface area contributed by atoms with E-state index in [2.05, 4.69) is 19.9 Å². The molecule has 0 saturated carbocycles. The second-order valence-electron chi connectivity index (χ2n) is 7.59. The number of nitrogens with zero attached hydrogens (tertiary/aromatic N) is 2. The molecule has 4 rings (SSSR count). The Kier molecular flexibility index (Phi) is 5.94. The monoisotopic (exact) mass is 470 g/mol. The highest BCUT2D eigenvalue weighted by molar-refractivity contribution is 7.92. The maximum Gasteiger partial charge on any atom is 0.232 e. The van der Waals surface area contributed by atoms with E-state index in [-0.39, 0.29) is 22.5 Å². The summed E-state index contributed by atoms with van der Waals surface area (Å²) in [6.45, 7) is 3.61. The van der Waals surface area contributed by atoms with Gasteiger partial charge in [0.25, 0.3) is 0 Å². The molecule has 0 aliphatic heterocycles. The molecule has 0 aliphatic carbocycles. The van der Waals surface area contributed by atoms with Gasteiger partial charge in [0, 0.05) is 11.8 Å². The van der Waals surface area contributed by atoms with Crippen molar-refractivity contribution in [2.75, 3.05) is 10.5 Å². The van der Waals surface area contributed by atoms with Crippen molar-refractivity contribution in [3.8, 4) is 11.1 Å². The number of aryl methyl sites for hydroxylation is 1. The molecule has 0 atom stereocenters. The molecule has 0 amide bonds. The van der Waals surface area contributed by atoms with E-state index in [4.69, 9.17) is 0 Å². The number of fused-ring (bicyclic) bond motifs is 1. The third kappa shape index (κ3) is 4.47. The Morgan fingerprint density at radius 2 is 1.82 bits per heavy atom. The summed E-state index contributed by atoms with van der Waals surface area (Å²) in [7, 11) is -3.85. The van der Waals surface area contributed by atoms with Crippen LogP contribution in [0.15, 0.2) is 48.7 Å². The van der Waals surface area contributed by atoms with Crippen LogP contribution in [0.4, 0.5) is 14.5 Å². The number of hydrogen-bond acceptors (Lipinski definition) is 5. The summed E-state index contributed by atoms with van der Waals surface area (Å²) < 4.78 is 55.8. The van der Waals surface area contributed by atoms with Crippen molar-refractivity contribution in [2.45, 2.75) is 20.3 Å². The lowest BCUT2D eigenvalue weighted by molar-refractivity contribution is 0.102. The van der Waals surface area contributed by atoms with Crippen LogP contribution in [0.3, 0.4) is 0 Å². The molecule has 0 aliphatic rings. The number of benzene rings is 2. The Hall–Kier alpha value is -3.66. The average molecular weight is 471 g/mol. The van der Waals surface area contributed by atoms with Crippen molar-refractivity contribution >= 4 is 32.5 Å². The molecule has 2 aromatic heterocycles. The molecule has 0 bridgehead atoms. The Morgan fingerprint density at radius 3 is 2.52 bits per heavy atom. The first-order valence-corrected chi connectivity index (χ1v) is 11.8. The van der Waals surface area contributed by atoms with E-state index in [1.165, 1.54) is 0 Å². The summed E-state index contributed by atoms with van der Waals surface area (Å²) in [6.07, 6.45) is 1.91. The number of carbonyl (C=O) groups excluding carboxylic acids is 1. The third-order valence-corrected chi connectivity index (χ3v) is 6.55. The number of aromatic amines is 1. The van der Waals surface area contributed by atoms with Gasteiger partial charge in [-0.05, 0) is 37.1 Å². The van der Waals surface area contributed by atoms with Gasteiger partial charge in [0.1, 0.15) is 11.5 Å². The topological polar surface area (TPSA) is 105 Å². The minimum atomic E-state index is -3.85. The van der Waals surface area contributed by atoms with Crippen molar-refractivity contribution in [2.24, 2.45) is 0 Å². The van der Waals surface area contributed by atoms with Crippen molar-refractivity contribution in [1.29, 1.82) is 0 Å². The van der Waals surface area contributed by atoms with Crippen LogP contribution in [0.25, 0.3) is 22.2 Å². The first-order valence-electron chi connectivity index (χ1n) is 10.1. The molecule has 0 saturated heterocycles. The minimum Gasteiger partial charge on any atom is -0.287 e. The van der Waals surface area contributed by atoms with Crippen LogP contribution in [-0.4, -0.2) is 35.1 Å². The molecule has 0 spiro atoms. The van der Waals surface area contributed by atoms with Crippen molar-refractivity contribution in [3.05, 3.63) is 77.1 Å². The van der Waals surface area contributed by atoms with Gasteiger partial charge in [-0.1, -0.05) is 36.8 Å². The zero-order chi connectivity index (χ0) is 23.8. The van der Waals surface area contributed by atoms with Crippen molar-refractivity contribution in [3.63, 3.8) is 0 Å². The van der Waals surface area contributed by atoms with Crippen molar-refractivity contribution in [1.82, 2.24) is 15.2 Å². The minimum absolute atomic E-state index is 0.224. The van der Waals surface area contributed by atoms with E-state index in [0.717, 1.165) is 23.3 Å². The maximum atomic E-state index is 15.1. The molecular weight excluding hydrogens is 450 g/mol. The van der Waals surface area contributed by atoms with E-state index in [1.54, 1.807) is 19.2 Å². The quantitative estimate of drug-likeness (QED) is 0.384. The number of carbonyl (C=O) groups is 1. The number of ketones is 1. The number of hydrogen-bond donors (Lipinski definition) is 2. The molecule has 33 heavy (non-hydrogen) atoms. The van der Waals surface area contributed by atoms with Gasteiger partial charge in [-0.25, -0.2) is 22.2 Å². The summed E-state index contributed by atoms with van der Waals surface area (Å²) in [6, 6.07) is 11.1. The third-order valence-electron chi connectivity index (χ3n) is 5.07. The lowest BCUT2D eigenvalue weighted by Gasteiger charge is -2.11. The molecule has 0 unspecified atom stereocenters. The van der Waals surface area contributed by atoms with E-state index >= 15 is 4.39 Å². The number of nitrogens with one attached hydrogen (secondary N) is 2. The smallest absolute Gasteiger partial charge is 0.232 e. The summed E-state index contributed by atoms with van der Waals surface area (Å²) in [5, 5.41) is 6.81. The molecular formula is C23H20F2N4O3S. The normalized spacial score (nSPS) is 11.6. The van der Waals surface area contributed by atoms with Gasteiger partial charge in [-0.3, -0.25) is 14.6 Å². The molecule has 170 valence electrons. The Bertz CT molecular complexity index is 1470. The van der Waals surface area contributed by atoms with Gasteiger partial charge >= 0.3 is 0 Å². The summed E-state index contributed by atoms with van der Waals surface area (Å²) in [5.41, 5.74) is 1.26. The van der Waals surface area contributed by atoms with Crippen LogP contribution in [0.2, 0.25) is 0 Å². The van der Waals surface area contributed by atoms with Gasteiger partial charge in [0.15, 0.2) is 11.5 Å². The van der Waals surface area contributed by atoms with E-state index in [9.17, 15) is 17.6 Å². The van der Waals surface area contributed by atoms with Crippen LogP contribution >= 0.6 is 0 Å². The first-order chi connectivity index (χ1) is 15.7. The molecule has 0 fully saturated rings. The Balaban J connectivity index is 1.78. The number of aromatic nitrogens is 3. The number of rotatable bonds is 7. The standard InChI is InChI=1S/C23H20F2N4O3S/c1-3-10-33(31,32)29-18-9-8-17(24)19(20(18)25)22(30)21-16-11-15(12-26-23(16)28-27-21)14-6-4-13(2)5-7-14/h4-9,11-12,29H,3,10H2,1-2H3,(H,26,27,28). The molecule has 0 radical (unpaired) electrons. The molecule has 10 heteroatoms. The van der Waals surface area contributed by atoms with Gasteiger partial charge in [0.05, 0.1) is 22.4 Å². The predicted octanol–water partition coefficient (Wildman–Crippen LogP) is 4.59. The van der Waals surface area contributed by atoms with E-state index < -0.39 is 38.7 Å². The van der Waals surface area contributed by atoms with Gasteiger partial charge in [-0.2, -0.15) is 5.10 Å². The van der Waals surface area contributed by atoms with Gasteiger partial charge in [-0.15, -0.1) is 0 Å². The number of sulfonamides is 1. The van der Waals surface area contributed by atoms with Crippen LogP contribution in [0.1, 0.15) is 35.0 Å². The second kappa shape index (κ2) is 8.70. The van der Waals surface area contributed by atoms with Gasteiger partial charge < -0.3 is 0 Å².